The first kappa shape index (κ1) is 10.7. The van der Waals surface area contributed by atoms with E-state index >= 15 is 0 Å². The van der Waals surface area contributed by atoms with Crippen molar-refractivity contribution in [3.05, 3.63) is 16.2 Å². The van der Waals surface area contributed by atoms with Crippen LogP contribution in [-0.2, 0) is 0 Å². The molecule has 1 N–H and O–H groups in total. The van der Waals surface area contributed by atoms with Crippen LogP contribution < -0.4 is 10.2 Å². The number of nitrogens with zero attached hydrogens (tertiary/aromatic N) is 4. The first-order valence-corrected chi connectivity index (χ1v) is 6.33. The first-order chi connectivity index (χ1) is 8.29. The Labute approximate surface area is 108 Å². The van der Waals surface area contributed by atoms with Gasteiger partial charge in [0.25, 0.3) is 0 Å². The van der Waals surface area contributed by atoms with E-state index in [4.69, 9.17) is 0 Å². The number of aromatic nitrogens is 2. The molecule has 0 bridgehead atoms. The minimum Gasteiger partial charge on any atom is -0.357 e. The normalized spacial score (nSPS) is 17.9. The van der Waals surface area contributed by atoms with E-state index in [2.05, 4.69) is 41.1 Å². The minimum atomic E-state index is 0.639. The minimum absolute atomic E-state index is 0.639. The Morgan fingerprint density at radius 3 is 3.18 bits per heavy atom. The summed E-state index contributed by atoms with van der Waals surface area (Å²) in [6, 6.07) is 0. The van der Waals surface area contributed by atoms with Crippen LogP contribution in [-0.4, -0.2) is 35.9 Å². The maximum absolute atomic E-state index is 4.53. The summed E-state index contributed by atoms with van der Waals surface area (Å²) >= 11 is 3.55. The lowest BCUT2D eigenvalue weighted by Gasteiger charge is -2.32. The molecule has 0 amide bonds. The topological polar surface area (TPSA) is 53.4 Å². The lowest BCUT2D eigenvalue weighted by atomic mass is 10.1. The van der Waals surface area contributed by atoms with Crippen LogP contribution in [0, 0.1) is 0 Å². The van der Waals surface area contributed by atoms with Crippen LogP contribution >= 0.6 is 15.9 Å². The Hall–Kier alpha value is -1.43. The first-order valence-electron chi connectivity index (χ1n) is 5.54. The summed E-state index contributed by atoms with van der Waals surface area (Å²) in [4.78, 5) is 15.4. The molecule has 88 valence electrons. The Bertz CT molecular complexity index is 523. The number of amidine groups is 1. The lowest BCUT2D eigenvalue weighted by molar-refractivity contribution is 0.782. The average Bonchev–Trinajstić information content (AvgIpc) is 2.39. The zero-order chi connectivity index (χ0) is 11.8. The molecule has 0 unspecified atom stereocenters. The third-order valence-corrected chi connectivity index (χ3v) is 3.41. The molecule has 0 radical (unpaired) electrons. The van der Waals surface area contributed by atoms with E-state index in [1.54, 1.807) is 0 Å². The molecule has 2 aliphatic heterocycles. The van der Waals surface area contributed by atoms with Gasteiger partial charge in [-0.05, 0) is 28.4 Å². The number of hydrogen-bond acceptors (Lipinski definition) is 5. The van der Waals surface area contributed by atoms with Crippen molar-refractivity contribution >= 4 is 39.6 Å². The number of anilines is 2. The van der Waals surface area contributed by atoms with Crippen LogP contribution in [0.5, 0.6) is 0 Å². The van der Waals surface area contributed by atoms with Gasteiger partial charge < -0.3 is 10.2 Å². The van der Waals surface area contributed by atoms with Crippen LogP contribution in [0.25, 0.3) is 6.08 Å². The molecule has 1 aromatic rings. The second-order valence-corrected chi connectivity index (χ2v) is 4.78. The number of rotatable bonds is 1. The van der Waals surface area contributed by atoms with Crippen molar-refractivity contribution in [2.24, 2.45) is 4.99 Å². The summed E-state index contributed by atoms with van der Waals surface area (Å²) in [6.07, 6.45) is 4.92. The Kier molecular flexibility index (Phi) is 2.58. The molecule has 0 spiro atoms. The van der Waals surface area contributed by atoms with E-state index in [1.165, 1.54) is 0 Å². The summed E-state index contributed by atoms with van der Waals surface area (Å²) in [7, 11) is 1.82. The van der Waals surface area contributed by atoms with Gasteiger partial charge in [-0.3, -0.25) is 4.99 Å². The van der Waals surface area contributed by atoms with Crippen molar-refractivity contribution in [1.29, 1.82) is 0 Å². The van der Waals surface area contributed by atoms with Crippen LogP contribution in [0.1, 0.15) is 12.0 Å². The van der Waals surface area contributed by atoms with Gasteiger partial charge in [-0.15, -0.1) is 0 Å². The second kappa shape index (κ2) is 4.10. The highest BCUT2D eigenvalue weighted by Gasteiger charge is 2.27. The molecule has 6 heteroatoms. The summed E-state index contributed by atoms with van der Waals surface area (Å²) in [5, 5.41) is 2.96. The molecule has 5 nitrogen and oxygen atoms in total. The molecule has 3 rings (SSSR count). The van der Waals surface area contributed by atoms with Gasteiger partial charge >= 0.3 is 0 Å². The highest BCUT2D eigenvalue weighted by atomic mass is 79.9. The van der Waals surface area contributed by atoms with Gasteiger partial charge in [0.1, 0.15) is 11.7 Å². The third-order valence-electron chi connectivity index (χ3n) is 2.83. The number of halogens is 1. The fourth-order valence-corrected chi connectivity index (χ4v) is 2.62. The number of hydrogen-bond donors (Lipinski definition) is 1. The molecule has 0 aromatic carbocycles. The standard InChI is InChI=1S/C11H12BrN5/c1-13-11-15-6-7-5-8(12)10-14-3-2-4-17(10)9(7)16-11/h5-6H,2-4H2,1H3,(H,13,15,16). The largest absolute Gasteiger partial charge is 0.357 e. The molecular formula is C11H12BrN5. The molecule has 0 saturated carbocycles. The zero-order valence-corrected chi connectivity index (χ0v) is 11.0. The van der Waals surface area contributed by atoms with Crippen molar-refractivity contribution in [1.82, 2.24) is 9.97 Å². The summed E-state index contributed by atoms with van der Waals surface area (Å²) < 4.78 is 1.01. The molecule has 0 aliphatic carbocycles. The smallest absolute Gasteiger partial charge is 0.224 e. The number of fused-ring (bicyclic) bond motifs is 3. The SMILES string of the molecule is CNc1ncc2c(n1)N1CCCN=C1C(Br)=C2. The van der Waals surface area contributed by atoms with Crippen molar-refractivity contribution in [3.8, 4) is 0 Å². The van der Waals surface area contributed by atoms with E-state index in [1.807, 2.05) is 19.3 Å². The van der Waals surface area contributed by atoms with Gasteiger partial charge in [0.2, 0.25) is 5.95 Å². The van der Waals surface area contributed by atoms with E-state index in [9.17, 15) is 0 Å². The molecule has 1 aromatic heterocycles. The molecule has 0 atom stereocenters. The van der Waals surface area contributed by atoms with E-state index < -0.39 is 0 Å². The second-order valence-electron chi connectivity index (χ2n) is 3.93. The Morgan fingerprint density at radius 1 is 1.47 bits per heavy atom. The Morgan fingerprint density at radius 2 is 2.35 bits per heavy atom. The van der Waals surface area contributed by atoms with E-state index in [0.717, 1.165) is 41.2 Å². The van der Waals surface area contributed by atoms with E-state index in [0.29, 0.717) is 5.95 Å². The molecule has 17 heavy (non-hydrogen) atoms. The van der Waals surface area contributed by atoms with Crippen LogP contribution in [0.4, 0.5) is 11.8 Å². The molecule has 2 aliphatic rings. The highest BCUT2D eigenvalue weighted by Crippen LogP contribution is 2.32. The van der Waals surface area contributed by atoms with Crippen molar-refractivity contribution < 1.29 is 0 Å². The molecule has 3 heterocycles. The van der Waals surface area contributed by atoms with Crippen molar-refractivity contribution in [3.63, 3.8) is 0 Å². The fraction of sp³-hybridized carbons (Fsp3) is 0.364. The predicted octanol–water partition coefficient (Wildman–Crippen LogP) is 1.88. The number of nitrogens with one attached hydrogen (secondary N) is 1. The van der Waals surface area contributed by atoms with Gasteiger partial charge in [-0.2, -0.15) is 4.98 Å². The molecular weight excluding hydrogens is 282 g/mol. The monoisotopic (exact) mass is 293 g/mol. The third kappa shape index (κ3) is 1.72. The van der Waals surface area contributed by atoms with E-state index in [-0.39, 0.29) is 0 Å². The average molecular weight is 294 g/mol. The van der Waals surface area contributed by atoms with Gasteiger partial charge in [0.15, 0.2) is 0 Å². The van der Waals surface area contributed by atoms with Crippen LogP contribution in [0.3, 0.4) is 0 Å². The summed E-state index contributed by atoms with van der Waals surface area (Å²) in [5.74, 6) is 2.55. The lowest BCUT2D eigenvalue weighted by Crippen LogP contribution is -2.38. The molecule has 0 saturated heterocycles. The quantitative estimate of drug-likeness (QED) is 0.859. The Balaban J connectivity index is 2.16. The van der Waals surface area contributed by atoms with Gasteiger partial charge in [0, 0.05) is 31.9 Å². The van der Waals surface area contributed by atoms with Crippen molar-refractivity contribution in [2.75, 3.05) is 30.4 Å². The van der Waals surface area contributed by atoms with Gasteiger partial charge in [-0.1, -0.05) is 0 Å². The highest BCUT2D eigenvalue weighted by molar-refractivity contribution is 9.12. The van der Waals surface area contributed by atoms with Crippen LogP contribution in [0.2, 0.25) is 0 Å². The van der Waals surface area contributed by atoms with Crippen molar-refractivity contribution in [2.45, 2.75) is 6.42 Å². The van der Waals surface area contributed by atoms with Crippen LogP contribution in [0.15, 0.2) is 15.7 Å². The zero-order valence-electron chi connectivity index (χ0n) is 9.44. The maximum atomic E-state index is 4.53. The maximum Gasteiger partial charge on any atom is 0.224 e. The summed E-state index contributed by atoms with van der Waals surface area (Å²) in [5.41, 5.74) is 1.02. The number of aliphatic imine (C=N–C) groups is 1. The fourth-order valence-electron chi connectivity index (χ4n) is 2.04. The van der Waals surface area contributed by atoms with Gasteiger partial charge in [0.05, 0.1) is 4.48 Å². The van der Waals surface area contributed by atoms with Gasteiger partial charge in [-0.25, -0.2) is 4.98 Å². The summed E-state index contributed by atoms with van der Waals surface area (Å²) in [6.45, 7) is 1.84. The predicted molar refractivity (Wildman–Crippen MR) is 72.7 cm³/mol. The molecule has 0 fully saturated rings.